The molecule has 0 spiro atoms. The number of rotatable bonds is 10. The van der Waals surface area contributed by atoms with Gasteiger partial charge in [0.15, 0.2) is 9.84 Å². The predicted molar refractivity (Wildman–Crippen MR) is 112 cm³/mol. The summed E-state index contributed by atoms with van der Waals surface area (Å²) in [6, 6.07) is 3.53. The monoisotopic (exact) mass is 541 g/mol. The summed E-state index contributed by atoms with van der Waals surface area (Å²) in [5.41, 5.74) is 0. The number of benzene rings is 1. The number of carboxylic acid groups (broad SMARTS) is 1. The van der Waals surface area contributed by atoms with E-state index in [2.05, 4.69) is 17.0 Å². The van der Waals surface area contributed by atoms with Crippen LogP contribution in [0.2, 0.25) is 0 Å². The first-order valence-electron chi connectivity index (χ1n) is 9.19. The summed E-state index contributed by atoms with van der Waals surface area (Å²) in [4.78, 5) is 21.1. The zero-order chi connectivity index (χ0) is 22.6. The normalized spacial score (nSPS) is 12.1. The molecule has 0 aliphatic rings. The summed E-state index contributed by atoms with van der Waals surface area (Å²) in [7, 11) is -2.17. The molecule has 0 saturated carbocycles. The molecular formula is C20H35FNO7SY+. The number of hydrogen-bond donors (Lipinski definition) is 2. The van der Waals surface area contributed by atoms with E-state index in [0.29, 0.717) is 6.61 Å². The third-order valence-electron chi connectivity index (χ3n) is 4.07. The number of aliphatic carboxylic acids is 1. The second kappa shape index (κ2) is 17.5. The molecule has 0 heterocycles. The van der Waals surface area contributed by atoms with Crippen LogP contribution < -0.4 is 10.1 Å². The van der Waals surface area contributed by atoms with Crippen molar-refractivity contribution in [2.24, 2.45) is 11.8 Å². The standard InChI is InChI=1S/C12H18FNO3S.C7H12O4.CH4.Y/c1-3-4-14-5-6-17-11-7-10(13)8-12(9-11)18(2,15)16;1-4(6(8)9)5(2)7(10)11-3;;/h7-9,14H,3-6H2,1-2H3;4-5H,1-3H3,(H,8,9);1H4;/p+1. The van der Waals surface area contributed by atoms with Crippen LogP contribution in [0.1, 0.15) is 34.6 Å². The molecule has 8 nitrogen and oxygen atoms in total. The number of ether oxygens (including phenoxy) is 2. The van der Waals surface area contributed by atoms with Crippen LogP contribution >= 0.6 is 0 Å². The summed E-state index contributed by atoms with van der Waals surface area (Å²) in [5, 5.41) is 10.6. The van der Waals surface area contributed by atoms with Gasteiger partial charge in [0.2, 0.25) is 0 Å². The Labute approximate surface area is 210 Å². The molecule has 2 unspecified atom stereocenters. The van der Waals surface area contributed by atoms with Gasteiger partial charge >= 0.3 is 11.9 Å². The van der Waals surface area contributed by atoms with Gasteiger partial charge in [-0.3, -0.25) is 9.59 Å². The van der Waals surface area contributed by atoms with Gasteiger partial charge in [0.1, 0.15) is 24.7 Å². The summed E-state index contributed by atoms with van der Waals surface area (Å²) >= 11 is 0. The molecule has 1 aromatic carbocycles. The van der Waals surface area contributed by atoms with Crippen molar-refractivity contribution < 1.29 is 75.0 Å². The van der Waals surface area contributed by atoms with Crippen LogP contribution in [0.5, 0.6) is 5.75 Å². The van der Waals surface area contributed by atoms with Crippen LogP contribution in [-0.2, 0) is 56.9 Å². The summed E-state index contributed by atoms with van der Waals surface area (Å²) in [5.74, 6) is -3.10. The second-order valence-corrected chi connectivity index (χ2v) is 8.56. The second-order valence-electron chi connectivity index (χ2n) is 6.55. The predicted octanol–water partition coefficient (Wildman–Crippen LogP) is 1.73. The molecule has 0 saturated heterocycles. The Hall–Kier alpha value is -1.10. The fraction of sp³-hybridized carbons (Fsp3) is 0.600. The van der Waals surface area contributed by atoms with Gasteiger partial charge in [-0.2, -0.15) is 0 Å². The molecule has 0 fully saturated rings. The first kappa shape index (κ1) is 34.5. The number of carboxylic acids is 1. The van der Waals surface area contributed by atoms with Gasteiger partial charge in [0.25, 0.3) is 0 Å². The van der Waals surface area contributed by atoms with Crippen molar-refractivity contribution >= 4 is 21.8 Å². The Morgan fingerprint density at radius 2 is 1.74 bits per heavy atom. The number of nitrogens with two attached hydrogens (primary N) is 1. The summed E-state index contributed by atoms with van der Waals surface area (Å²) in [6.07, 6.45) is 2.12. The first-order valence-corrected chi connectivity index (χ1v) is 11.1. The number of methoxy groups -OCH3 is 1. The average Bonchev–Trinajstić information content (AvgIpc) is 2.65. The van der Waals surface area contributed by atoms with Crippen molar-refractivity contribution in [3.8, 4) is 5.75 Å². The van der Waals surface area contributed by atoms with Gasteiger partial charge in [-0.15, -0.1) is 0 Å². The molecule has 0 aliphatic heterocycles. The molecule has 177 valence electrons. The van der Waals surface area contributed by atoms with E-state index < -0.39 is 39.4 Å². The van der Waals surface area contributed by atoms with Crippen molar-refractivity contribution in [2.45, 2.75) is 39.5 Å². The maximum absolute atomic E-state index is 13.2. The van der Waals surface area contributed by atoms with Crippen molar-refractivity contribution in [2.75, 3.05) is 33.1 Å². The van der Waals surface area contributed by atoms with Gasteiger partial charge in [0.05, 0.1) is 30.4 Å². The molecule has 0 amide bonds. The Morgan fingerprint density at radius 3 is 2.19 bits per heavy atom. The van der Waals surface area contributed by atoms with E-state index in [1.54, 1.807) is 0 Å². The molecule has 0 aliphatic carbocycles. The molecule has 2 atom stereocenters. The van der Waals surface area contributed by atoms with Crippen molar-refractivity contribution in [3.63, 3.8) is 0 Å². The number of carbonyl (C=O) groups excluding carboxylic acids is 1. The molecule has 1 aromatic rings. The molecule has 0 bridgehead atoms. The summed E-state index contributed by atoms with van der Waals surface area (Å²) in [6.45, 7) is 7.29. The van der Waals surface area contributed by atoms with Crippen LogP contribution in [0.15, 0.2) is 23.1 Å². The molecular weight excluding hydrogens is 506 g/mol. The topological polar surface area (TPSA) is 124 Å². The van der Waals surface area contributed by atoms with Crippen LogP contribution in [0.3, 0.4) is 0 Å². The van der Waals surface area contributed by atoms with E-state index in [-0.39, 0.29) is 50.8 Å². The molecule has 11 heteroatoms. The third kappa shape index (κ3) is 14.6. The van der Waals surface area contributed by atoms with Crippen molar-refractivity contribution in [3.05, 3.63) is 24.0 Å². The van der Waals surface area contributed by atoms with E-state index in [9.17, 15) is 22.4 Å². The number of esters is 1. The molecule has 1 radical (unpaired) electrons. The number of sulfone groups is 1. The largest absolute Gasteiger partial charge is 0.488 e. The van der Waals surface area contributed by atoms with Crippen LogP contribution in [0.4, 0.5) is 4.39 Å². The Kier molecular flexibility index (Phi) is 19.4. The number of halogens is 1. The van der Waals surface area contributed by atoms with E-state index in [4.69, 9.17) is 9.84 Å². The maximum Gasteiger partial charge on any atom is 0.309 e. The smallest absolute Gasteiger partial charge is 0.309 e. The van der Waals surface area contributed by atoms with Gasteiger partial charge in [-0.05, 0) is 18.6 Å². The third-order valence-corrected chi connectivity index (χ3v) is 5.16. The van der Waals surface area contributed by atoms with Crippen molar-refractivity contribution in [1.82, 2.24) is 0 Å². The minimum absolute atomic E-state index is 0. The maximum atomic E-state index is 13.2. The van der Waals surface area contributed by atoms with Gasteiger partial charge < -0.3 is 19.9 Å². The van der Waals surface area contributed by atoms with E-state index in [1.165, 1.54) is 33.1 Å². The minimum Gasteiger partial charge on any atom is -0.488 e. The van der Waals surface area contributed by atoms with E-state index >= 15 is 0 Å². The molecule has 1 rings (SSSR count). The Morgan fingerprint density at radius 1 is 1.16 bits per heavy atom. The van der Waals surface area contributed by atoms with Crippen LogP contribution in [-0.4, -0.2) is 58.5 Å². The zero-order valence-corrected chi connectivity index (χ0v) is 21.7. The van der Waals surface area contributed by atoms with Gasteiger partial charge in [0, 0.05) is 45.0 Å². The van der Waals surface area contributed by atoms with Gasteiger partial charge in [-0.1, -0.05) is 28.2 Å². The SMILES string of the molecule is C.CCC[NH2+]CCOc1cc(F)cc(S(C)(=O)=O)c1.COC(=O)C(C)C(C)C(=O)O.[Y]. The average molecular weight is 541 g/mol. The number of quaternary nitrogens is 1. The van der Waals surface area contributed by atoms with Crippen LogP contribution in [0.25, 0.3) is 0 Å². The first-order chi connectivity index (χ1) is 13.4. The summed E-state index contributed by atoms with van der Waals surface area (Å²) < 4.78 is 45.6. The Balaban J connectivity index is -0.000000528. The fourth-order valence-corrected chi connectivity index (χ4v) is 2.70. The molecule has 31 heavy (non-hydrogen) atoms. The number of hydrogen-bond acceptors (Lipinski definition) is 6. The number of carbonyl (C=O) groups is 2. The minimum atomic E-state index is -3.41. The van der Waals surface area contributed by atoms with E-state index in [0.717, 1.165) is 31.8 Å². The van der Waals surface area contributed by atoms with Crippen LogP contribution in [0, 0.1) is 17.7 Å². The zero-order valence-electron chi connectivity index (χ0n) is 18.1. The molecule has 0 aromatic heterocycles. The molecule has 3 N–H and O–H groups in total. The van der Waals surface area contributed by atoms with Gasteiger partial charge in [-0.25, -0.2) is 12.8 Å². The van der Waals surface area contributed by atoms with E-state index in [1.807, 2.05) is 0 Å². The quantitative estimate of drug-likeness (QED) is 0.342. The Bertz CT molecular complexity index is 775. The fourth-order valence-electron chi connectivity index (χ4n) is 2.05. The van der Waals surface area contributed by atoms with Crippen molar-refractivity contribution in [1.29, 1.82) is 0 Å².